The van der Waals surface area contributed by atoms with Gasteiger partial charge in [-0.25, -0.2) is 0 Å². The topological polar surface area (TPSA) is 69.6 Å². The Morgan fingerprint density at radius 1 is 1.43 bits per heavy atom. The zero-order valence-electron chi connectivity index (χ0n) is 8.44. The quantitative estimate of drug-likeness (QED) is 0.676. The Bertz CT molecular complexity index is 258. The normalized spacial score (nSPS) is 21.3. The van der Waals surface area contributed by atoms with E-state index in [0.717, 1.165) is 12.8 Å². The Morgan fingerprint density at radius 2 is 2.00 bits per heavy atom. The van der Waals surface area contributed by atoms with E-state index >= 15 is 0 Å². The van der Waals surface area contributed by atoms with E-state index in [0.29, 0.717) is 19.0 Å². The first-order valence-corrected chi connectivity index (χ1v) is 6.36. The highest BCUT2D eigenvalue weighted by atomic mass is 32.2. The van der Waals surface area contributed by atoms with Crippen LogP contribution in [0.3, 0.4) is 0 Å². The molecule has 0 radical (unpaired) electrons. The Labute approximate surface area is 85.3 Å². The molecule has 0 bridgehead atoms. The zero-order valence-corrected chi connectivity index (χ0v) is 9.26. The maximum absolute atomic E-state index is 11.6. The fourth-order valence-corrected chi connectivity index (χ4v) is 2.71. The van der Waals surface area contributed by atoms with E-state index < -0.39 is 10.2 Å². The predicted molar refractivity (Wildman–Crippen MR) is 54.0 cm³/mol. The Balaban J connectivity index is 2.47. The van der Waals surface area contributed by atoms with Crippen molar-refractivity contribution in [2.45, 2.75) is 19.8 Å². The highest BCUT2D eigenvalue weighted by Crippen LogP contribution is 2.17. The van der Waals surface area contributed by atoms with E-state index in [1.165, 1.54) is 4.31 Å². The molecule has 0 amide bonds. The summed E-state index contributed by atoms with van der Waals surface area (Å²) in [7, 11) is -3.35. The summed E-state index contributed by atoms with van der Waals surface area (Å²) in [4.78, 5) is 0. The molecule has 1 aliphatic rings. The van der Waals surface area contributed by atoms with Crippen LogP contribution in [-0.2, 0) is 10.2 Å². The molecule has 14 heavy (non-hydrogen) atoms. The third-order valence-corrected chi connectivity index (χ3v) is 4.09. The van der Waals surface area contributed by atoms with Gasteiger partial charge in [0.1, 0.15) is 0 Å². The maximum atomic E-state index is 11.6. The average Bonchev–Trinajstić information content (AvgIpc) is 2.16. The lowest BCUT2D eigenvalue weighted by molar-refractivity contribution is 0.277. The van der Waals surface area contributed by atoms with Crippen molar-refractivity contribution in [3.05, 3.63) is 0 Å². The number of aliphatic hydroxyl groups is 1. The van der Waals surface area contributed by atoms with E-state index in [1.54, 1.807) is 0 Å². The summed E-state index contributed by atoms with van der Waals surface area (Å²) >= 11 is 0. The first kappa shape index (κ1) is 11.9. The molecular weight excluding hydrogens is 204 g/mol. The summed E-state index contributed by atoms with van der Waals surface area (Å²) in [5.74, 6) is 0.610. The predicted octanol–water partition coefficient (Wildman–Crippen LogP) is -0.455. The molecule has 84 valence electrons. The molecule has 1 aliphatic heterocycles. The van der Waals surface area contributed by atoms with Crippen LogP contribution in [0, 0.1) is 5.92 Å². The van der Waals surface area contributed by atoms with Crippen molar-refractivity contribution in [1.82, 2.24) is 9.03 Å². The lowest BCUT2D eigenvalue weighted by Gasteiger charge is -2.29. The van der Waals surface area contributed by atoms with Crippen LogP contribution in [0.1, 0.15) is 19.8 Å². The lowest BCUT2D eigenvalue weighted by atomic mass is 10.0. The highest BCUT2D eigenvalue weighted by molar-refractivity contribution is 7.87. The molecule has 0 atom stereocenters. The van der Waals surface area contributed by atoms with Gasteiger partial charge in [0.05, 0.1) is 6.61 Å². The summed E-state index contributed by atoms with van der Waals surface area (Å²) in [6.07, 6.45) is 1.83. The molecule has 0 aromatic heterocycles. The average molecular weight is 222 g/mol. The minimum Gasteiger partial charge on any atom is -0.395 e. The van der Waals surface area contributed by atoms with E-state index in [4.69, 9.17) is 5.11 Å². The van der Waals surface area contributed by atoms with E-state index in [1.807, 2.05) is 0 Å². The Kier molecular flexibility index (Phi) is 4.31. The number of nitrogens with zero attached hydrogens (tertiary/aromatic N) is 1. The van der Waals surface area contributed by atoms with Gasteiger partial charge in [0.25, 0.3) is 10.2 Å². The van der Waals surface area contributed by atoms with Gasteiger partial charge in [0, 0.05) is 19.6 Å². The molecule has 0 aromatic carbocycles. The van der Waals surface area contributed by atoms with Crippen LogP contribution in [0.25, 0.3) is 0 Å². The SMILES string of the molecule is CC1CCN(S(=O)(=O)NCCO)CC1. The molecule has 1 heterocycles. The van der Waals surface area contributed by atoms with Gasteiger partial charge in [-0.15, -0.1) is 0 Å². The lowest BCUT2D eigenvalue weighted by Crippen LogP contribution is -2.45. The molecule has 0 aliphatic carbocycles. The molecular formula is C8H18N2O3S. The number of nitrogens with one attached hydrogen (secondary N) is 1. The first-order chi connectivity index (χ1) is 6.56. The minimum atomic E-state index is -3.35. The van der Waals surface area contributed by atoms with Gasteiger partial charge >= 0.3 is 0 Å². The van der Waals surface area contributed by atoms with Gasteiger partial charge in [-0.2, -0.15) is 17.4 Å². The molecule has 1 saturated heterocycles. The fraction of sp³-hybridized carbons (Fsp3) is 1.00. The molecule has 1 fully saturated rings. The van der Waals surface area contributed by atoms with Crippen molar-refractivity contribution in [3.63, 3.8) is 0 Å². The largest absolute Gasteiger partial charge is 0.395 e. The number of aliphatic hydroxyl groups excluding tert-OH is 1. The van der Waals surface area contributed by atoms with Crippen LogP contribution in [-0.4, -0.2) is 44.1 Å². The van der Waals surface area contributed by atoms with Crippen LogP contribution < -0.4 is 4.72 Å². The van der Waals surface area contributed by atoms with Crippen molar-refractivity contribution < 1.29 is 13.5 Å². The van der Waals surface area contributed by atoms with Crippen LogP contribution in [0.5, 0.6) is 0 Å². The smallest absolute Gasteiger partial charge is 0.279 e. The molecule has 0 spiro atoms. The Morgan fingerprint density at radius 3 is 2.50 bits per heavy atom. The van der Waals surface area contributed by atoms with E-state index in [-0.39, 0.29) is 13.2 Å². The van der Waals surface area contributed by atoms with Gasteiger partial charge in [-0.1, -0.05) is 6.92 Å². The summed E-state index contributed by atoms with van der Waals surface area (Å²) in [5, 5.41) is 8.52. The standard InChI is InChI=1S/C8H18N2O3S/c1-8-2-5-10(6-3-8)14(12,13)9-4-7-11/h8-9,11H,2-7H2,1H3. The van der Waals surface area contributed by atoms with Crippen molar-refractivity contribution >= 4 is 10.2 Å². The second-order valence-corrected chi connectivity index (χ2v) is 5.46. The second-order valence-electron chi connectivity index (χ2n) is 3.70. The fourth-order valence-electron chi connectivity index (χ4n) is 1.49. The molecule has 2 N–H and O–H groups in total. The third-order valence-electron chi connectivity index (χ3n) is 2.48. The van der Waals surface area contributed by atoms with Crippen LogP contribution in [0.4, 0.5) is 0 Å². The summed E-state index contributed by atoms with van der Waals surface area (Å²) < 4.78 is 26.9. The summed E-state index contributed by atoms with van der Waals surface area (Å²) in [6, 6.07) is 0. The molecule has 1 rings (SSSR count). The van der Waals surface area contributed by atoms with Gasteiger partial charge < -0.3 is 5.11 Å². The third kappa shape index (κ3) is 3.20. The van der Waals surface area contributed by atoms with Crippen molar-refractivity contribution in [3.8, 4) is 0 Å². The molecule has 6 heteroatoms. The van der Waals surface area contributed by atoms with Gasteiger partial charge in [-0.3, -0.25) is 0 Å². The van der Waals surface area contributed by atoms with Gasteiger partial charge in [-0.05, 0) is 18.8 Å². The molecule has 5 nitrogen and oxygen atoms in total. The monoisotopic (exact) mass is 222 g/mol. The van der Waals surface area contributed by atoms with Gasteiger partial charge in [0.15, 0.2) is 0 Å². The molecule has 0 saturated carbocycles. The van der Waals surface area contributed by atoms with E-state index in [2.05, 4.69) is 11.6 Å². The van der Waals surface area contributed by atoms with Gasteiger partial charge in [0.2, 0.25) is 0 Å². The highest BCUT2D eigenvalue weighted by Gasteiger charge is 2.25. The minimum absolute atomic E-state index is 0.0917. The summed E-state index contributed by atoms with van der Waals surface area (Å²) in [5.41, 5.74) is 0. The molecule has 0 aromatic rings. The van der Waals surface area contributed by atoms with Crippen LogP contribution in [0.2, 0.25) is 0 Å². The number of piperidine rings is 1. The molecule has 0 unspecified atom stereocenters. The van der Waals surface area contributed by atoms with Crippen molar-refractivity contribution in [2.75, 3.05) is 26.2 Å². The van der Waals surface area contributed by atoms with Crippen molar-refractivity contribution in [2.24, 2.45) is 5.92 Å². The van der Waals surface area contributed by atoms with E-state index in [9.17, 15) is 8.42 Å². The number of hydrogen-bond donors (Lipinski definition) is 2. The maximum Gasteiger partial charge on any atom is 0.279 e. The van der Waals surface area contributed by atoms with Crippen LogP contribution in [0.15, 0.2) is 0 Å². The van der Waals surface area contributed by atoms with Crippen molar-refractivity contribution in [1.29, 1.82) is 0 Å². The number of rotatable bonds is 4. The first-order valence-electron chi connectivity index (χ1n) is 4.92. The number of hydrogen-bond acceptors (Lipinski definition) is 3. The Hall–Kier alpha value is -0.170. The van der Waals surface area contributed by atoms with Crippen LogP contribution >= 0.6 is 0 Å². The summed E-state index contributed by atoms with van der Waals surface area (Å²) in [6.45, 7) is 3.23. The zero-order chi connectivity index (χ0) is 10.6. The second kappa shape index (κ2) is 5.06.